The van der Waals surface area contributed by atoms with Crippen molar-refractivity contribution in [1.29, 1.82) is 0 Å². The zero-order valence-electron chi connectivity index (χ0n) is 14.8. The number of carbonyl (C=O) groups is 1. The Morgan fingerprint density at radius 2 is 2.12 bits per heavy atom. The molecule has 1 aromatic heterocycles. The minimum Gasteiger partial charge on any atom is -0.352 e. The van der Waals surface area contributed by atoms with Gasteiger partial charge < -0.3 is 5.32 Å². The smallest absolute Gasteiger partial charge is 0.234 e. The SMILES string of the molecule is C[C@@H]1CCCC[C@H]1NC(=O)CN(C)[C@@H](C)c1nc2ccccc2s1. The minimum absolute atomic E-state index is 0.129. The van der Waals surface area contributed by atoms with Crippen molar-refractivity contribution >= 4 is 27.5 Å². The van der Waals surface area contributed by atoms with Crippen molar-refractivity contribution in [3.05, 3.63) is 29.3 Å². The number of nitrogens with zero attached hydrogens (tertiary/aromatic N) is 2. The average Bonchev–Trinajstić information content (AvgIpc) is 3.00. The highest BCUT2D eigenvalue weighted by atomic mass is 32.1. The van der Waals surface area contributed by atoms with Crippen LogP contribution in [0.2, 0.25) is 0 Å². The van der Waals surface area contributed by atoms with Gasteiger partial charge in [0, 0.05) is 6.04 Å². The maximum atomic E-state index is 12.4. The number of rotatable bonds is 5. The van der Waals surface area contributed by atoms with Crippen LogP contribution >= 0.6 is 11.3 Å². The molecule has 1 aliphatic rings. The van der Waals surface area contributed by atoms with Crippen molar-refractivity contribution in [2.24, 2.45) is 5.92 Å². The van der Waals surface area contributed by atoms with Crippen molar-refractivity contribution in [1.82, 2.24) is 15.2 Å². The van der Waals surface area contributed by atoms with Crippen LogP contribution in [0.1, 0.15) is 50.6 Å². The summed E-state index contributed by atoms with van der Waals surface area (Å²) in [4.78, 5) is 19.2. The fourth-order valence-corrected chi connectivity index (χ4v) is 4.49. The predicted molar refractivity (Wildman–Crippen MR) is 100 cm³/mol. The van der Waals surface area contributed by atoms with Crippen molar-refractivity contribution in [3.63, 3.8) is 0 Å². The van der Waals surface area contributed by atoms with E-state index in [-0.39, 0.29) is 11.9 Å². The quantitative estimate of drug-likeness (QED) is 0.891. The average molecular weight is 346 g/mol. The molecule has 130 valence electrons. The van der Waals surface area contributed by atoms with Gasteiger partial charge in [-0.1, -0.05) is 31.9 Å². The summed E-state index contributed by atoms with van der Waals surface area (Å²) in [6, 6.07) is 8.67. The largest absolute Gasteiger partial charge is 0.352 e. The van der Waals surface area contributed by atoms with E-state index < -0.39 is 0 Å². The lowest BCUT2D eigenvalue weighted by atomic mass is 9.86. The Labute approximate surface area is 148 Å². The van der Waals surface area contributed by atoms with E-state index in [9.17, 15) is 4.79 Å². The molecule has 3 rings (SSSR count). The third-order valence-electron chi connectivity index (χ3n) is 5.18. The second-order valence-corrected chi connectivity index (χ2v) is 8.11. The van der Waals surface area contributed by atoms with E-state index in [0.717, 1.165) is 16.9 Å². The summed E-state index contributed by atoms with van der Waals surface area (Å²) < 4.78 is 1.20. The molecule has 0 saturated heterocycles. The fraction of sp³-hybridized carbons (Fsp3) is 0.579. The molecule has 1 heterocycles. The Balaban J connectivity index is 1.58. The predicted octanol–water partition coefficient (Wildman–Crippen LogP) is 3.98. The Morgan fingerprint density at radius 3 is 2.88 bits per heavy atom. The number of aromatic nitrogens is 1. The highest BCUT2D eigenvalue weighted by molar-refractivity contribution is 7.18. The van der Waals surface area contributed by atoms with Crippen LogP contribution in [0.25, 0.3) is 10.2 Å². The van der Waals surface area contributed by atoms with Crippen LogP contribution in [0.4, 0.5) is 0 Å². The fourth-order valence-electron chi connectivity index (χ4n) is 3.40. The maximum Gasteiger partial charge on any atom is 0.234 e. The number of nitrogens with one attached hydrogen (secondary N) is 1. The van der Waals surface area contributed by atoms with Gasteiger partial charge >= 0.3 is 0 Å². The number of likely N-dealkylation sites (N-methyl/N-ethyl adjacent to an activating group) is 1. The molecule has 2 aromatic rings. The van der Waals surface area contributed by atoms with Gasteiger partial charge in [-0.15, -0.1) is 11.3 Å². The lowest BCUT2D eigenvalue weighted by Gasteiger charge is -2.30. The third kappa shape index (κ3) is 3.95. The van der Waals surface area contributed by atoms with Crippen molar-refractivity contribution < 1.29 is 4.79 Å². The van der Waals surface area contributed by atoms with E-state index in [0.29, 0.717) is 18.5 Å². The highest BCUT2D eigenvalue weighted by Crippen LogP contribution is 2.28. The summed E-state index contributed by atoms with van der Waals surface area (Å²) in [5, 5.41) is 4.30. The maximum absolute atomic E-state index is 12.4. The Hall–Kier alpha value is -1.46. The highest BCUT2D eigenvalue weighted by Gasteiger charge is 2.24. The van der Waals surface area contributed by atoms with E-state index in [4.69, 9.17) is 4.98 Å². The van der Waals surface area contributed by atoms with Crippen LogP contribution in [0, 0.1) is 5.92 Å². The van der Waals surface area contributed by atoms with Crippen LogP contribution < -0.4 is 5.32 Å². The van der Waals surface area contributed by atoms with Crippen molar-refractivity contribution in [2.75, 3.05) is 13.6 Å². The van der Waals surface area contributed by atoms with Gasteiger partial charge in [-0.2, -0.15) is 0 Å². The number of amides is 1. The van der Waals surface area contributed by atoms with Crippen molar-refractivity contribution in [3.8, 4) is 0 Å². The molecule has 0 radical (unpaired) electrons. The lowest BCUT2D eigenvalue weighted by Crippen LogP contribution is -2.45. The molecule has 0 spiro atoms. The first-order valence-corrected chi connectivity index (χ1v) is 9.71. The van der Waals surface area contributed by atoms with Gasteiger partial charge in [-0.05, 0) is 44.9 Å². The van der Waals surface area contributed by atoms with Gasteiger partial charge in [0.05, 0.1) is 22.8 Å². The van der Waals surface area contributed by atoms with E-state index in [1.807, 2.05) is 25.2 Å². The van der Waals surface area contributed by atoms with Crippen LogP contribution in [-0.4, -0.2) is 35.4 Å². The molecular formula is C19H27N3OS. The zero-order valence-corrected chi connectivity index (χ0v) is 15.6. The van der Waals surface area contributed by atoms with Crippen molar-refractivity contribution in [2.45, 2.75) is 51.6 Å². The molecule has 0 bridgehead atoms. The van der Waals surface area contributed by atoms with Gasteiger partial charge in [0.25, 0.3) is 0 Å². The molecule has 0 aliphatic heterocycles. The Bertz CT molecular complexity index is 666. The second-order valence-electron chi connectivity index (χ2n) is 7.05. The summed E-state index contributed by atoms with van der Waals surface area (Å²) in [5.74, 6) is 0.721. The van der Waals surface area contributed by atoms with E-state index in [1.54, 1.807) is 11.3 Å². The molecule has 0 unspecified atom stereocenters. The summed E-state index contributed by atoms with van der Waals surface area (Å²) >= 11 is 1.71. The Kier molecular flexibility index (Phi) is 5.51. The topological polar surface area (TPSA) is 45.2 Å². The summed E-state index contributed by atoms with van der Waals surface area (Å²) in [6.45, 7) is 4.78. The molecule has 5 heteroatoms. The van der Waals surface area contributed by atoms with Crippen LogP contribution in [0.3, 0.4) is 0 Å². The molecule has 1 saturated carbocycles. The molecular weight excluding hydrogens is 318 g/mol. The van der Waals surface area contributed by atoms with Gasteiger partial charge in [0.15, 0.2) is 0 Å². The summed E-state index contributed by atoms with van der Waals surface area (Å²) in [5.41, 5.74) is 1.04. The standard InChI is InChI=1S/C19H27N3OS/c1-13-8-4-5-9-15(13)20-18(23)12-22(3)14(2)19-21-16-10-6-7-11-17(16)24-19/h6-7,10-11,13-15H,4-5,8-9,12H2,1-3H3,(H,20,23)/t13-,14+,15-/m1/s1. The molecule has 1 fully saturated rings. The monoisotopic (exact) mass is 345 g/mol. The van der Waals surface area contributed by atoms with Crippen LogP contribution in [-0.2, 0) is 4.79 Å². The van der Waals surface area contributed by atoms with Gasteiger partial charge in [0.2, 0.25) is 5.91 Å². The van der Waals surface area contributed by atoms with Gasteiger partial charge in [-0.3, -0.25) is 9.69 Å². The lowest BCUT2D eigenvalue weighted by molar-refractivity contribution is -0.123. The first-order chi connectivity index (χ1) is 11.5. The third-order valence-corrected chi connectivity index (χ3v) is 6.39. The molecule has 3 atom stereocenters. The summed E-state index contributed by atoms with van der Waals surface area (Å²) in [7, 11) is 2.00. The van der Waals surface area contributed by atoms with E-state index in [1.165, 1.54) is 24.0 Å². The second kappa shape index (κ2) is 7.62. The molecule has 1 aliphatic carbocycles. The zero-order chi connectivity index (χ0) is 17.1. The van der Waals surface area contributed by atoms with Crippen LogP contribution in [0.5, 0.6) is 0 Å². The number of para-hydroxylation sites is 1. The van der Waals surface area contributed by atoms with Gasteiger partial charge in [0.1, 0.15) is 5.01 Å². The molecule has 1 aromatic carbocycles. The molecule has 1 N–H and O–H groups in total. The number of hydrogen-bond donors (Lipinski definition) is 1. The minimum atomic E-state index is 0.129. The number of benzene rings is 1. The van der Waals surface area contributed by atoms with Crippen LogP contribution in [0.15, 0.2) is 24.3 Å². The Morgan fingerprint density at radius 1 is 1.38 bits per heavy atom. The molecule has 4 nitrogen and oxygen atoms in total. The number of hydrogen-bond acceptors (Lipinski definition) is 4. The first kappa shape index (κ1) is 17.4. The van der Waals surface area contributed by atoms with E-state index in [2.05, 4.69) is 30.1 Å². The van der Waals surface area contributed by atoms with Gasteiger partial charge in [-0.25, -0.2) is 4.98 Å². The first-order valence-electron chi connectivity index (χ1n) is 8.89. The number of fused-ring (bicyclic) bond motifs is 1. The summed E-state index contributed by atoms with van der Waals surface area (Å²) in [6.07, 6.45) is 4.86. The number of carbonyl (C=O) groups excluding carboxylic acids is 1. The molecule has 24 heavy (non-hydrogen) atoms. The normalized spacial score (nSPS) is 22.7. The van der Waals surface area contributed by atoms with E-state index >= 15 is 0 Å². The molecule has 1 amide bonds. The number of thiazole rings is 1.